The molecule has 0 radical (unpaired) electrons. The highest BCUT2D eigenvalue weighted by Crippen LogP contribution is 2.24. The number of sulfone groups is 1. The van der Waals surface area contributed by atoms with Gasteiger partial charge in [0.05, 0.1) is 17.6 Å². The quantitative estimate of drug-likeness (QED) is 0.783. The Bertz CT molecular complexity index is 590. The zero-order valence-corrected chi connectivity index (χ0v) is 12.7. The van der Waals surface area contributed by atoms with Crippen LogP contribution in [-0.2, 0) is 9.84 Å². The van der Waals surface area contributed by atoms with Crippen LogP contribution in [0.1, 0.15) is 37.0 Å². The minimum atomic E-state index is -2.92. The number of rotatable bonds is 5. The van der Waals surface area contributed by atoms with Gasteiger partial charge in [0, 0.05) is 12.0 Å². The highest BCUT2D eigenvalue weighted by molar-refractivity contribution is 7.91. The van der Waals surface area contributed by atoms with Crippen LogP contribution in [0.4, 0.5) is 0 Å². The first-order valence-corrected chi connectivity index (χ1v) is 8.68. The van der Waals surface area contributed by atoms with Gasteiger partial charge in [-0.05, 0) is 38.3 Å². The van der Waals surface area contributed by atoms with Crippen LogP contribution in [0.3, 0.4) is 0 Å². The van der Waals surface area contributed by atoms with Crippen molar-refractivity contribution in [3.63, 3.8) is 0 Å². The van der Waals surface area contributed by atoms with Gasteiger partial charge in [-0.1, -0.05) is 12.1 Å². The Balaban J connectivity index is 2.02. The minimum absolute atomic E-state index is 0.0127. The lowest BCUT2D eigenvalue weighted by Crippen LogP contribution is -2.11. The van der Waals surface area contributed by atoms with Gasteiger partial charge in [0.2, 0.25) is 0 Å². The first kappa shape index (κ1) is 15.0. The van der Waals surface area contributed by atoms with Crippen molar-refractivity contribution in [1.29, 1.82) is 0 Å². The van der Waals surface area contributed by atoms with E-state index in [4.69, 9.17) is 4.74 Å². The molecule has 2 rings (SSSR count). The number of Topliss-reactive ketones (excluding diaryl/α,β-unsaturated/α-hetero) is 1. The number of hydrogen-bond donors (Lipinski definition) is 0. The number of ketones is 1. The molecule has 1 aromatic rings. The Hall–Kier alpha value is -1.36. The second-order valence-corrected chi connectivity index (χ2v) is 7.82. The SMILES string of the molecule is CC(C)Oc1cccc(C(=O)CC2CCS(=O)(=O)C2)c1. The first-order chi connectivity index (χ1) is 9.35. The molecule has 4 nitrogen and oxygen atoms in total. The normalized spacial score (nSPS) is 21.1. The zero-order chi connectivity index (χ0) is 14.8. The van der Waals surface area contributed by atoms with E-state index in [0.29, 0.717) is 24.2 Å². The largest absolute Gasteiger partial charge is 0.491 e. The van der Waals surface area contributed by atoms with E-state index < -0.39 is 9.84 Å². The molecule has 0 saturated carbocycles. The summed E-state index contributed by atoms with van der Waals surface area (Å²) in [5.41, 5.74) is 0.590. The lowest BCUT2D eigenvalue weighted by atomic mass is 9.98. The topological polar surface area (TPSA) is 60.4 Å². The van der Waals surface area contributed by atoms with Crippen LogP contribution in [0.15, 0.2) is 24.3 Å². The molecule has 1 aliphatic rings. The molecule has 0 bridgehead atoms. The van der Waals surface area contributed by atoms with Crippen molar-refractivity contribution < 1.29 is 17.9 Å². The van der Waals surface area contributed by atoms with E-state index in [1.807, 2.05) is 19.9 Å². The highest BCUT2D eigenvalue weighted by atomic mass is 32.2. The van der Waals surface area contributed by atoms with Crippen molar-refractivity contribution in [2.24, 2.45) is 5.92 Å². The van der Waals surface area contributed by atoms with Crippen molar-refractivity contribution in [2.75, 3.05) is 11.5 Å². The lowest BCUT2D eigenvalue weighted by Gasteiger charge is -2.11. The van der Waals surface area contributed by atoms with Crippen LogP contribution in [-0.4, -0.2) is 31.8 Å². The maximum absolute atomic E-state index is 12.2. The fourth-order valence-electron chi connectivity index (χ4n) is 2.43. The first-order valence-electron chi connectivity index (χ1n) is 6.86. The number of ether oxygens (including phenoxy) is 1. The van der Waals surface area contributed by atoms with Gasteiger partial charge >= 0.3 is 0 Å². The van der Waals surface area contributed by atoms with Gasteiger partial charge in [0.15, 0.2) is 15.6 Å². The number of benzene rings is 1. The zero-order valence-electron chi connectivity index (χ0n) is 11.8. The van der Waals surface area contributed by atoms with Crippen LogP contribution in [0.25, 0.3) is 0 Å². The van der Waals surface area contributed by atoms with Crippen molar-refractivity contribution in [3.05, 3.63) is 29.8 Å². The molecule has 5 heteroatoms. The number of hydrogen-bond acceptors (Lipinski definition) is 4. The Morgan fingerprint density at radius 1 is 1.40 bits per heavy atom. The molecule has 20 heavy (non-hydrogen) atoms. The Labute approximate surface area is 120 Å². The number of carbonyl (C=O) groups is 1. The lowest BCUT2D eigenvalue weighted by molar-refractivity contribution is 0.0965. The van der Waals surface area contributed by atoms with Gasteiger partial charge in [0.25, 0.3) is 0 Å². The van der Waals surface area contributed by atoms with Crippen LogP contribution in [0.2, 0.25) is 0 Å². The van der Waals surface area contributed by atoms with Gasteiger partial charge < -0.3 is 4.74 Å². The Morgan fingerprint density at radius 2 is 2.15 bits per heavy atom. The summed E-state index contributed by atoms with van der Waals surface area (Å²) < 4.78 is 28.4. The molecule has 0 N–H and O–H groups in total. The van der Waals surface area contributed by atoms with Crippen molar-refractivity contribution >= 4 is 15.6 Å². The summed E-state index contributed by atoms with van der Waals surface area (Å²) >= 11 is 0. The fourth-order valence-corrected chi connectivity index (χ4v) is 4.29. The van der Waals surface area contributed by atoms with E-state index in [0.717, 1.165) is 0 Å². The molecule has 1 unspecified atom stereocenters. The third-order valence-electron chi connectivity index (χ3n) is 3.33. The summed E-state index contributed by atoms with van der Waals surface area (Å²) in [6.07, 6.45) is 0.945. The molecular weight excluding hydrogens is 276 g/mol. The maximum atomic E-state index is 12.2. The molecule has 1 aliphatic heterocycles. The summed E-state index contributed by atoms with van der Waals surface area (Å²) in [5, 5.41) is 0. The van der Waals surface area contributed by atoms with E-state index in [9.17, 15) is 13.2 Å². The summed E-state index contributed by atoms with van der Waals surface area (Å²) in [7, 11) is -2.92. The van der Waals surface area contributed by atoms with Crippen LogP contribution >= 0.6 is 0 Å². The maximum Gasteiger partial charge on any atom is 0.163 e. The van der Waals surface area contributed by atoms with Crippen LogP contribution in [0.5, 0.6) is 5.75 Å². The second kappa shape index (κ2) is 5.95. The molecule has 0 aliphatic carbocycles. The Morgan fingerprint density at radius 3 is 2.75 bits per heavy atom. The molecule has 0 aromatic heterocycles. The van der Waals surface area contributed by atoms with Gasteiger partial charge in [-0.25, -0.2) is 8.42 Å². The molecule has 0 spiro atoms. The van der Waals surface area contributed by atoms with Crippen molar-refractivity contribution in [2.45, 2.75) is 32.8 Å². The van der Waals surface area contributed by atoms with Gasteiger partial charge in [-0.3, -0.25) is 4.79 Å². The summed E-state index contributed by atoms with van der Waals surface area (Å²) in [6.45, 7) is 3.86. The number of carbonyl (C=O) groups excluding carboxylic acids is 1. The molecule has 0 amide bonds. The van der Waals surface area contributed by atoms with E-state index in [2.05, 4.69) is 0 Å². The average Bonchev–Trinajstić information content (AvgIpc) is 2.68. The Kier molecular flexibility index (Phi) is 4.48. The fraction of sp³-hybridized carbons (Fsp3) is 0.533. The monoisotopic (exact) mass is 296 g/mol. The molecule has 110 valence electrons. The van der Waals surface area contributed by atoms with E-state index in [1.165, 1.54) is 0 Å². The molecule has 1 saturated heterocycles. The predicted octanol–water partition coefficient (Wildman–Crippen LogP) is 2.48. The molecule has 1 fully saturated rings. The van der Waals surface area contributed by atoms with E-state index >= 15 is 0 Å². The van der Waals surface area contributed by atoms with Crippen LogP contribution < -0.4 is 4.74 Å². The summed E-state index contributed by atoms with van der Waals surface area (Å²) in [5.74, 6) is 0.968. The predicted molar refractivity (Wildman–Crippen MR) is 77.9 cm³/mol. The van der Waals surface area contributed by atoms with E-state index in [-0.39, 0.29) is 29.3 Å². The molecule has 1 atom stereocenters. The summed E-state index contributed by atoms with van der Waals surface area (Å²) in [6, 6.07) is 7.08. The van der Waals surface area contributed by atoms with Crippen LogP contribution in [0, 0.1) is 5.92 Å². The van der Waals surface area contributed by atoms with Crippen molar-refractivity contribution in [3.8, 4) is 5.75 Å². The third kappa shape index (κ3) is 4.07. The highest BCUT2D eigenvalue weighted by Gasteiger charge is 2.29. The van der Waals surface area contributed by atoms with E-state index in [1.54, 1.807) is 18.2 Å². The average molecular weight is 296 g/mol. The minimum Gasteiger partial charge on any atom is -0.491 e. The molecule has 1 aromatic carbocycles. The molecular formula is C15H20O4S. The smallest absolute Gasteiger partial charge is 0.163 e. The van der Waals surface area contributed by atoms with Gasteiger partial charge in [0.1, 0.15) is 5.75 Å². The standard InChI is InChI=1S/C15H20O4S/c1-11(2)19-14-5-3-4-13(9-14)15(16)8-12-6-7-20(17,18)10-12/h3-5,9,11-12H,6-8,10H2,1-2H3. The van der Waals surface area contributed by atoms with Gasteiger partial charge in [-0.15, -0.1) is 0 Å². The second-order valence-electron chi connectivity index (χ2n) is 5.59. The van der Waals surface area contributed by atoms with Crippen molar-refractivity contribution in [1.82, 2.24) is 0 Å². The third-order valence-corrected chi connectivity index (χ3v) is 5.17. The van der Waals surface area contributed by atoms with Gasteiger partial charge in [-0.2, -0.15) is 0 Å². The summed E-state index contributed by atoms with van der Waals surface area (Å²) in [4.78, 5) is 12.2. The molecule has 1 heterocycles.